The molecule has 1 aromatic carbocycles. The minimum atomic E-state index is 0.422. The number of anilines is 2. The van der Waals surface area contributed by atoms with E-state index in [1.165, 1.54) is 0 Å². The van der Waals surface area contributed by atoms with E-state index in [0.717, 1.165) is 11.3 Å². The van der Waals surface area contributed by atoms with Crippen molar-refractivity contribution in [1.29, 1.82) is 0 Å². The first-order valence-electron chi connectivity index (χ1n) is 5.51. The first-order valence-corrected chi connectivity index (χ1v) is 6.67. The highest BCUT2D eigenvalue weighted by Gasteiger charge is 2.06. The highest BCUT2D eigenvalue weighted by molar-refractivity contribution is 7.80. The predicted octanol–water partition coefficient (Wildman–Crippen LogP) is 4.51. The summed E-state index contributed by atoms with van der Waals surface area (Å²) in [4.78, 5) is 4.10. The second-order valence-electron chi connectivity index (χ2n) is 3.87. The molecule has 0 aliphatic heterocycles. The monoisotopic (exact) mass is 311 g/mol. The molecular weight excluding hydrogens is 301 g/mol. The van der Waals surface area contributed by atoms with Crippen LogP contribution in [0.4, 0.5) is 11.5 Å². The summed E-state index contributed by atoms with van der Waals surface area (Å²) in [6, 6.07) is 9.13. The zero-order valence-electron chi connectivity index (χ0n) is 10.1. The van der Waals surface area contributed by atoms with Gasteiger partial charge in [-0.2, -0.15) is 0 Å². The van der Waals surface area contributed by atoms with Crippen LogP contribution in [0.1, 0.15) is 5.56 Å². The number of hydrogen-bond donors (Lipinski definition) is 2. The Bertz CT molecular complexity index is 579. The lowest BCUT2D eigenvalue weighted by atomic mass is 10.2. The molecular formula is C13H11Cl2N3S. The molecule has 3 nitrogen and oxygen atoms in total. The quantitative estimate of drug-likeness (QED) is 0.800. The molecule has 2 rings (SSSR count). The van der Waals surface area contributed by atoms with E-state index in [4.69, 9.17) is 35.4 Å². The van der Waals surface area contributed by atoms with Gasteiger partial charge in [-0.15, -0.1) is 0 Å². The normalized spacial score (nSPS) is 10.1. The van der Waals surface area contributed by atoms with Crippen LogP contribution in [0.5, 0.6) is 0 Å². The van der Waals surface area contributed by atoms with Gasteiger partial charge in [0.25, 0.3) is 0 Å². The number of pyridine rings is 1. The van der Waals surface area contributed by atoms with Crippen molar-refractivity contribution in [2.24, 2.45) is 0 Å². The van der Waals surface area contributed by atoms with Crippen molar-refractivity contribution >= 4 is 52.0 Å². The molecule has 0 spiro atoms. The van der Waals surface area contributed by atoms with Crippen LogP contribution in [0.3, 0.4) is 0 Å². The average Bonchev–Trinajstić information content (AvgIpc) is 2.37. The molecule has 0 aliphatic carbocycles. The van der Waals surface area contributed by atoms with Gasteiger partial charge in [0.05, 0.1) is 15.7 Å². The summed E-state index contributed by atoms with van der Waals surface area (Å²) in [6.45, 7) is 1.96. The molecule has 0 radical (unpaired) electrons. The Balaban J connectivity index is 2.07. The van der Waals surface area contributed by atoms with Gasteiger partial charge >= 0.3 is 0 Å². The molecule has 0 saturated heterocycles. The van der Waals surface area contributed by atoms with Crippen LogP contribution in [0.2, 0.25) is 10.0 Å². The highest BCUT2D eigenvalue weighted by atomic mass is 35.5. The maximum atomic E-state index is 6.11. The minimum Gasteiger partial charge on any atom is -0.331 e. The smallest absolute Gasteiger partial charge is 0.176 e. The minimum absolute atomic E-state index is 0.422. The molecule has 2 N–H and O–H groups in total. The molecule has 98 valence electrons. The lowest BCUT2D eigenvalue weighted by Gasteiger charge is -2.13. The standard InChI is InChI=1S/C13H11Cl2N3S/c1-8-3-2-4-10(15)12(8)18-13(19)17-11-6-5-9(14)7-16-11/h2-7H,1H3,(H2,16,17,18,19). The van der Waals surface area contributed by atoms with Crippen LogP contribution >= 0.6 is 35.4 Å². The van der Waals surface area contributed by atoms with Gasteiger partial charge in [0.1, 0.15) is 5.82 Å². The van der Waals surface area contributed by atoms with E-state index in [-0.39, 0.29) is 0 Å². The summed E-state index contributed by atoms with van der Waals surface area (Å²) in [5.41, 5.74) is 1.80. The number of rotatable bonds is 2. The van der Waals surface area contributed by atoms with Crippen molar-refractivity contribution in [2.45, 2.75) is 6.92 Å². The van der Waals surface area contributed by atoms with Crippen LogP contribution in [0.25, 0.3) is 0 Å². The molecule has 0 saturated carbocycles. The molecule has 0 unspecified atom stereocenters. The Labute approximate surface area is 127 Å². The van der Waals surface area contributed by atoms with Crippen molar-refractivity contribution in [3.05, 3.63) is 52.1 Å². The fraction of sp³-hybridized carbons (Fsp3) is 0.0769. The molecule has 0 bridgehead atoms. The Morgan fingerprint density at radius 3 is 2.58 bits per heavy atom. The molecule has 2 aromatic rings. The maximum absolute atomic E-state index is 6.11. The van der Waals surface area contributed by atoms with Crippen molar-refractivity contribution < 1.29 is 0 Å². The number of thiocarbonyl (C=S) groups is 1. The van der Waals surface area contributed by atoms with Crippen molar-refractivity contribution in [2.75, 3.05) is 10.6 Å². The number of halogens is 2. The molecule has 1 aromatic heterocycles. The summed E-state index contributed by atoms with van der Waals surface area (Å²) in [5.74, 6) is 0.617. The van der Waals surface area contributed by atoms with Crippen molar-refractivity contribution in [3.63, 3.8) is 0 Å². The van der Waals surface area contributed by atoms with Gasteiger partial charge < -0.3 is 10.6 Å². The molecule has 6 heteroatoms. The number of hydrogen-bond acceptors (Lipinski definition) is 2. The zero-order valence-corrected chi connectivity index (χ0v) is 12.4. The van der Waals surface area contributed by atoms with E-state index in [9.17, 15) is 0 Å². The maximum Gasteiger partial charge on any atom is 0.176 e. The van der Waals surface area contributed by atoms with E-state index in [1.807, 2.05) is 19.1 Å². The first-order chi connectivity index (χ1) is 9.06. The van der Waals surface area contributed by atoms with E-state index in [1.54, 1.807) is 24.4 Å². The van der Waals surface area contributed by atoms with Crippen LogP contribution in [0, 0.1) is 6.92 Å². The van der Waals surface area contributed by atoms with E-state index in [0.29, 0.717) is 21.0 Å². The Kier molecular flexibility index (Phi) is 4.58. The SMILES string of the molecule is Cc1cccc(Cl)c1NC(=S)Nc1ccc(Cl)cn1. The van der Waals surface area contributed by atoms with Gasteiger partial charge in [-0.1, -0.05) is 35.3 Å². The molecule has 1 heterocycles. The number of nitrogens with one attached hydrogen (secondary N) is 2. The number of aromatic nitrogens is 1. The number of para-hydroxylation sites is 1. The predicted molar refractivity (Wildman–Crippen MR) is 85.3 cm³/mol. The van der Waals surface area contributed by atoms with Crippen LogP contribution in [0.15, 0.2) is 36.5 Å². The van der Waals surface area contributed by atoms with Gasteiger partial charge in [-0.05, 0) is 42.9 Å². The van der Waals surface area contributed by atoms with Gasteiger partial charge in [-0.25, -0.2) is 4.98 Å². The average molecular weight is 312 g/mol. The molecule has 19 heavy (non-hydrogen) atoms. The zero-order chi connectivity index (χ0) is 13.8. The van der Waals surface area contributed by atoms with Gasteiger partial charge in [0.15, 0.2) is 5.11 Å². The number of benzene rings is 1. The number of aryl methyl sites for hydroxylation is 1. The summed E-state index contributed by atoms with van der Waals surface area (Å²) in [5, 5.41) is 7.64. The Morgan fingerprint density at radius 1 is 1.16 bits per heavy atom. The molecule has 0 fully saturated rings. The summed E-state index contributed by atoms with van der Waals surface area (Å²) >= 11 is 17.1. The Hall–Kier alpha value is -1.36. The lowest BCUT2D eigenvalue weighted by Crippen LogP contribution is -2.20. The Morgan fingerprint density at radius 2 is 1.95 bits per heavy atom. The molecule has 0 aliphatic rings. The second-order valence-corrected chi connectivity index (χ2v) is 5.12. The second kappa shape index (κ2) is 6.19. The topological polar surface area (TPSA) is 37.0 Å². The molecule has 0 atom stereocenters. The number of nitrogens with zero attached hydrogens (tertiary/aromatic N) is 1. The van der Waals surface area contributed by atoms with Crippen molar-refractivity contribution in [1.82, 2.24) is 4.98 Å². The lowest BCUT2D eigenvalue weighted by molar-refractivity contribution is 1.32. The van der Waals surface area contributed by atoms with Gasteiger partial charge in [-0.3, -0.25) is 0 Å². The highest BCUT2D eigenvalue weighted by Crippen LogP contribution is 2.25. The summed E-state index contributed by atoms with van der Waals surface area (Å²) in [7, 11) is 0. The van der Waals surface area contributed by atoms with Gasteiger partial charge in [0.2, 0.25) is 0 Å². The molecule has 0 amide bonds. The van der Waals surface area contributed by atoms with E-state index >= 15 is 0 Å². The van der Waals surface area contributed by atoms with E-state index in [2.05, 4.69) is 15.6 Å². The fourth-order valence-corrected chi connectivity index (χ4v) is 2.09. The fourth-order valence-electron chi connectivity index (χ4n) is 1.50. The third-order valence-corrected chi connectivity index (χ3v) is 3.17. The first kappa shape index (κ1) is 14.1. The summed E-state index contributed by atoms with van der Waals surface area (Å²) < 4.78 is 0. The van der Waals surface area contributed by atoms with Crippen LogP contribution in [-0.2, 0) is 0 Å². The van der Waals surface area contributed by atoms with Crippen molar-refractivity contribution in [3.8, 4) is 0 Å². The third-order valence-electron chi connectivity index (χ3n) is 2.43. The van der Waals surface area contributed by atoms with E-state index < -0.39 is 0 Å². The summed E-state index contributed by atoms with van der Waals surface area (Å²) in [6.07, 6.45) is 1.55. The van der Waals surface area contributed by atoms with Crippen LogP contribution in [-0.4, -0.2) is 10.1 Å². The van der Waals surface area contributed by atoms with Crippen LogP contribution < -0.4 is 10.6 Å². The van der Waals surface area contributed by atoms with Gasteiger partial charge in [0, 0.05) is 6.20 Å². The third kappa shape index (κ3) is 3.80. The largest absolute Gasteiger partial charge is 0.331 e.